The summed E-state index contributed by atoms with van der Waals surface area (Å²) in [6.07, 6.45) is 22.3. The van der Waals surface area contributed by atoms with E-state index >= 15 is 0 Å². The quantitative estimate of drug-likeness (QED) is 0.408. The van der Waals surface area contributed by atoms with Gasteiger partial charge in [-0.05, 0) is 36.5 Å². The smallest absolute Gasteiger partial charge is 0.119 e. The molecule has 1 aromatic carbocycles. The standard InChI is InChI=1S/C23H34O2/c24-20-22-15-17-23(18-16-22)25-19-11-7-5-3-1-2-4-6-8-12-21-13-9-10-14-21/h9-10,13-18,21,24H,1-8,11-12,19-20H2. The van der Waals surface area contributed by atoms with Crippen molar-refractivity contribution in [3.05, 3.63) is 54.1 Å². The fourth-order valence-corrected chi connectivity index (χ4v) is 3.27. The van der Waals surface area contributed by atoms with Crippen LogP contribution in [0.3, 0.4) is 0 Å². The number of rotatable bonds is 14. The summed E-state index contributed by atoms with van der Waals surface area (Å²) >= 11 is 0. The third-order valence-corrected chi connectivity index (χ3v) is 4.88. The molecule has 0 saturated heterocycles. The lowest BCUT2D eigenvalue weighted by molar-refractivity contribution is 0.281. The normalized spacial score (nSPS) is 13.6. The molecule has 0 unspecified atom stereocenters. The van der Waals surface area contributed by atoms with Crippen molar-refractivity contribution in [3.8, 4) is 5.75 Å². The summed E-state index contributed by atoms with van der Waals surface area (Å²) in [5.74, 6) is 1.62. The summed E-state index contributed by atoms with van der Waals surface area (Å²) in [5, 5.41) is 9.00. The van der Waals surface area contributed by atoms with Gasteiger partial charge in [0.15, 0.2) is 0 Å². The van der Waals surface area contributed by atoms with E-state index in [1.807, 2.05) is 24.3 Å². The van der Waals surface area contributed by atoms with Gasteiger partial charge in [0.1, 0.15) is 5.75 Å². The molecule has 2 nitrogen and oxygen atoms in total. The van der Waals surface area contributed by atoms with E-state index < -0.39 is 0 Å². The summed E-state index contributed by atoms with van der Waals surface area (Å²) in [6.45, 7) is 0.887. The molecule has 0 aromatic heterocycles. The van der Waals surface area contributed by atoms with Crippen molar-refractivity contribution >= 4 is 0 Å². The van der Waals surface area contributed by atoms with Gasteiger partial charge in [-0.25, -0.2) is 0 Å². The fourth-order valence-electron chi connectivity index (χ4n) is 3.27. The lowest BCUT2D eigenvalue weighted by atomic mass is 10.0. The highest BCUT2D eigenvalue weighted by atomic mass is 16.5. The minimum atomic E-state index is 0.0927. The molecule has 1 aromatic rings. The van der Waals surface area contributed by atoms with Crippen LogP contribution in [-0.2, 0) is 6.61 Å². The molecule has 1 N–H and O–H groups in total. The Morgan fingerprint density at radius 1 is 0.720 bits per heavy atom. The number of hydrogen-bond donors (Lipinski definition) is 1. The SMILES string of the molecule is OCc1ccc(OCCCCCCCCCCCC2C=CC=C2)cc1. The molecule has 0 fully saturated rings. The number of ether oxygens (including phenoxy) is 1. The molecule has 0 bridgehead atoms. The maximum Gasteiger partial charge on any atom is 0.119 e. The van der Waals surface area contributed by atoms with Gasteiger partial charge in [0.05, 0.1) is 13.2 Å². The van der Waals surface area contributed by atoms with Crippen molar-refractivity contribution in [1.82, 2.24) is 0 Å². The van der Waals surface area contributed by atoms with Crippen molar-refractivity contribution < 1.29 is 9.84 Å². The van der Waals surface area contributed by atoms with Crippen LogP contribution in [0.4, 0.5) is 0 Å². The van der Waals surface area contributed by atoms with E-state index in [0.29, 0.717) is 0 Å². The molecular weight excluding hydrogens is 308 g/mol. The van der Waals surface area contributed by atoms with Crippen LogP contribution in [-0.4, -0.2) is 11.7 Å². The van der Waals surface area contributed by atoms with Gasteiger partial charge < -0.3 is 9.84 Å². The second kappa shape index (κ2) is 12.8. The van der Waals surface area contributed by atoms with E-state index in [4.69, 9.17) is 9.84 Å². The molecule has 0 spiro atoms. The molecule has 2 rings (SSSR count). The highest BCUT2D eigenvalue weighted by Crippen LogP contribution is 2.18. The van der Waals surface area contributed by atoms with Gasteiger partial charge in [-0.1, -0.05) is 87.8 Å². The maximum atomic E-state index is 9.00. The van der Waals surface area contributed by atoms with Crippen molar-refractivity contribution in [2.45, 2.75) is 70.8 Å². The largest absolute Gasteiger partial charge is 0.494 e. The minimum absolute atomic E-state index is 0.0927. The molecule has 0 heterocycles. The number of allylic oxidation sites excluding steroid dienone is 4. The van der Waals surface area contributed by atoms with E-state index in [1.54, 1.807) is 0 Å². The van der Waals surface area contributed by atoms with E-state index in [2.05, 4.69) is 24.3 Å². The Labute approximate surface area is 153 Å². The second-order valence-electron chi connectivity index (χ2n) is 7.05. The topological polar surface area (TPSA) is 29.5 Å². The molecule has 0 radical (unpaired) electrons. The van der Waals surface area contributed by atoms with Crippen LogP contribution in [0.1, 0.15) is 69.8 Å². The number of benzene rings is 1. The van der Waals surface area contributed by atoms with Gasteiger partial charge in [-0.15, -0.1) is 0 Å². The monoisotopic (exact) mass is 342 g/mol. The van der Waals surface area contributed by atoms with Gasteiger partial charge in [0, 0.05) is 0 Å². The third-order valence-electron chi connectivity index (χ3n) is 4.88. The summed E-state index contributed by atoms with van der Waals surface area (Å²) < 4.78 is 5.73. The zero-order valence-electron chi connectivity index (χ0n) is 15.5. The van der Waals surface area contributed by atoms with Crippen molar-refractivity contribution in [2.75, 3.05) is 6.61 Å². The van der Waals surface area contributed by atoms with Gasteiger partial charge >= 0.3 is 0 Å². The molecule has 1 aliphatic rings. The molecule has 0 atom stereocenters. The molecule has 0 amide bonds. The second-order valence-corrected chi connectivity index (χ2v) is 7.05. The molecule has 25 heavy (non-hydrogen) atoms. The van der Waals surface area contributed by atoms with Gasteiger partial charge in [0.25, 0.3) is 0 Å². The Kier molecular flexibility index (Phi) is 10.1. The molecule has 0 aliphatic heterocycles. The van der Waals surface area contributed by atoms with Crippen molar-refractivity contribution in [1.29, 1.82) is 0 Å². The minimum Gasteiger partial charge on any atom is -0.494 e. The molecular formula is C23H34O2. The Morgan fingerprint density at radius 2 is 1.28 bits per heavy atom. The van der Waals surface area contributed by atoms with E-state index in [9.17, 15) is 0 Å². The highest BCUT2D eigenvalue weighted by molar-refractivity contribution is 5.26. The predicted octanol–water partition coefficient (Wildman–Crippen LogP) is 6.20. The third kappa shape index (κ3) is 8.92. The molecule has 138 valence electrons. The summed E-state index contributed by atoms with van der Waals surface area (Å²) in [4.78, 5) is 0. The zero-order chi connectivity index (χ0) is 17.6. The summed E-state index contributed by atoms with van der Waals surface area (Å²) in [6, 6.07) is 7.70. The zero-order valence-corrected chi connectivity index (χ0v) is 15.5. The number of aliphatic hydroxyl groups excluding tert-OH is 1. The van der Waals surface area contributed by atoms with Crippen LogP contribution >= 0.6 is 0 Å². The Bertz CT molecular complexity index is 489. The average molecular weight is 343 g/mol. The summed E-state index contributed by atoms with van der Waals surface area (Å²) in [5.41, 5.74) is 0.930. The van der Waals surface area contributed by atoms with Crippen LogP contribution in [0.15, 0.2) is 48.6 Å². The van der Waals surface area contributed by atoms with E-state index in [-0.39, 0.29) is 6.61 Å². The van der Waals surface area contributed by atoms with E-state index in [1.165, 1.54) is 57.8 Å². The van der Waals surface area contributed by atoms with Gasteiger partial charge in [-0.2, -0.15) is 0 Å². The van der Waals surface area contributed by atoms with Crippen LogP contribution in [0.2, 0.25) is 0 Å². The van der Waals surface area contributed by atoms with Gasteiger partial charge in [0.2, 0.25) is 0 Å². The Morgan fingerprint density at radius 3 is 1.88 bits per heavy atom. The van der Waals surface area contributed by atoms with E-state index in [0.717, 1.165) is 30.3 Å². The molecule has 2 heteroatoms. The van der Waals surface area contributed by atoms with Crippen LogP contribution in [0.5, 0.6) is 5.75 Å². The highest BCUT2D eigenvalue weighted by Gasteiger charge is 2.02. The number of hydrogen-bond acceptors (Lipinski definition) is 2. The predicted molar refractivity (Wildman–Crippen MR) is 106 cm³/mol. The lowest BCUT2D eigenvalue weighted by Gasteiger charge is -2.07. The van der Waals surface area contributed by atoms with Crippen molar-refractivity contribution in [2.24, 2.45) is 5.92 Å². The van der Waals surface area contributed by atoms with Crippen LogP contribution < -0.4 is 4.74 Å². The first-order valence-electron chi connectivity index (χ1n) is 10.1. The average Bonchev–Trinajstić information content (AvgIpc) is 3.16. The fraction of sp³-hybridized carbons (Fsp3) is 0.565. The van der Waals surface area contributed by atoms with Crippen LogP contribution in [0.25, 0.3) is 0 Å². The Hall–Kier alpha value is -1.54. The Balaban J connectivity index is 1.32. The first-order chi connectivity index (χ1) is 12.4. The van der Waals surface area contributed by atoms with Crippen LogP contribution in [0, 0.1) is 5.92 Å². The lowest BCUT2D eigenvalue weighted by Crippen LogP contribution is -1.97. The molecule has 1 aliphatic carbocycles. The maximum absolute atomic E-state index is 9.00. The molecule has 0 saturated carbocycles. The first kappa shape index (κ1) is 19.8. The number of aliphatic hydroxyl groups is 1. The first-order valence-corrected chi connectivity index (χ1v) is 10.1. The number of unbranched alkanes of at least 4 members (excludes halogenated alkanes) is 8. The summed E-state index contributed by atoms with van der Waals surface area (Å²) in [7, 11) is 0. The van der Waals surface area contributed by atoms with Crippen molar-refractivity contribution in [3.63, 3.8) is 0 Å². The van der Waals surface area contributed by atoms with Gasteiger partial charge in [-0.3, -0.25) is 0 Å².